The lowest BCUT2D eigenvalue weighted by atomic mass is 10.2. The molecule has 1 aromatic carbocycles. The van der Waals surface area contributed by atoms with E-state index in [9.17, 15) is 8.42 Å². The van der Waals surface area contributed by atoms with E-state index in [0.29, 0.717) is 11.3 Å². The summed E-state index contributed by atoms with van der Waals surface area (Å²) in [4.78, 5) is 0. The fourth-order valence-electron chi connectivity index (χ4n) is 2.56. The van der Waals surface area contributed by atoms with Gasteiger partial charge in [0.05, 0.1) is 0 Å². The molecule has 3 rings (SSSR count). The summed E-state index contributed by atoms with van der Waals surface area (Å²) >= 11 is 0. The number of benzene rings is 1. The molecule has 1 aliphatic rings. The Morgan fingerprint density at radius 3 is 2.79 bits per heavy atom. The van der Waals surface area contributed by atoms with Gasteiger partial charge in [-0.15, -0.1) is 0 Å². The summed E-state index contributed by atoms with van der Waals surface area (Å²) in [6.07, 6.45) is 4.05. The second-order valence-electron chi connectivity index (χ2n) is 4.98. The van der Waals surface area contributed by atoms with E-state index < -0.39 is 10.0 Å². The SMILES string of the molecule is O=S(=O)(Cc1noc2ccccc12)NC1CCCC1. The zero-order valence-corrected chi connectivity index (χ0v) is 11.3. The van der Waals surface area contributed by atoms with Gasteiger partial charge < -0.3 is 4.52 Å². The van der Waals surface area contributed by atoms with Crippen LogP contribution in [-0.4, -0.2) is 19.6 Å². The van der Waals surface area contributed by atoms with Crippen LogP contribution < -0.4 is 4.72 Å². The number of aromatic nitrogens is 1. The highest BCUT2D eigenvalue weighted by atomic mass is 32.2. The van der Waals surface area contributed by atoms with Crippen molar-refractivity contribution in [2.24, 2.45) is 0 Å². The normalized spacial score (nSPS) is 17.3. The minimum absolute atomic E-state index is 0.0863. The molecule has 6 heteroatoms. The number of nitrogens with zero attached hydrogens (tertiary/aromatic N) is 1. The van der Waals surface area contributed by atoms with Crippen LogP contribution in [0.15, 0.2) is 28.8 Å². The maximum Gasteiger partial charge on any atom is 0.217 e. The quantitative estimate of drug-likeness (QED) is 0.931. The minimum Gasteiger partial charge on any atom is -0.356 e. The van der Waals surface area contributed by atoms with E-state index in [1.165, 1.54) is 0 Å². The Hall–Kier alpha value is -1.40. The first-order chi connectivity index (χ1) is 9.14. The van der Waals surface area contributed by atoms with Crippen LogP contribution >= 0.6 is 0 Å². The molecule has 1 aromatic heterocycles. The highest BCUT2D eigenvalue weighted by Gasteiger charge is 2.23. The number of sulfonamides is 1. The topological polar surface area (TPSA) is 72.2 Å². The maximum atomic E-state index is 12.1. The average Bonchev–Trinajstić information content (AvgIpc) is 2.99. The molecule has 1 saturated carbocycles. The molecule has 1 fully saturated rings. The Morgan fingerprint density at radius 2 is 2.00 bits per heavy atom. The van der Waals surface area contributed by atoms with Gasteiger partial charge in [0.15, 0.2) is 5.58 Å². The monoisotopic (exact) mass is 280 g/mol. The van der Waals surface area contributed by atoms with E-state index >= 15 is 0 Å². The molecule has 0 radical (unpaired) electrons. The fourth-order valence-corrected chi connectivity index (χ4v) is 3.96. The van der Waals surface area contributed by atoms with Crippen molar-refractivity contribution in [2.45, 2.75) is 37.5 Å². The molecule has 0 aliphatic heterocycles. The summed E-state index contributed by atoms with van der Waals surface area (Å²) in [6, 6.07) is 7.38. The van der Waals surface area contributed by atoms with Crippen LogP contribution in [0.5, 0.6) is 0 Å². The highest BCUT2D eigenvalue weighted by molar-refractivity contribution is 7.88. The molecule has 1 heterocycles. The summed E-state index contributed by atoms with van der Waals surface area (Å²) in [6.45, 7) is 0. The van der Waals surface area contributed by atoms with Crippen LogP contribution in [0.2, 0.25) is 0 Å². The largest absolute Gasteiger partial charge is 0.356 e. The van der Waals surface area contributed by atoms with Crippen LogP contribution in [0.3, 0.4) is 0 Å². The van der Waals surface area contributed by atoms with Gasteiger partial charge in [0.25, 0.3) is 0 Å². The number of hydrogen-bond acceptors (Lipinski definition) is 4. The Labute approximate surface area is 112 Å². The first-order valence-corrected chi connectivity index (χ1v) is 8.12. The molecule has 19 heavy (non-hydrogen) atoms. The van der Waals surface area contributed by atoms with E-state index in [2.05, 4.69) is 9.88 Å². The molecule has 2 aromatic rings. The van der Waals surface area contributed by atoms with Crippen LogP contribution in [0, 0.1) is 0 Å². The standard InChI is InChI=1S/C13H16N2O3S/c16-19(17,15-10-5-1-2-6-10)9-12-11-7-3-4-8-13(11)18-14-12/h3-4,7-8,10,15H,1-2,5-6,9H2. The summed E-state index contributed by atoms with van der Waals surface area (Å²) < 4.78 is 32.1. The van der Waals surface area contributed by atoms with Crippen LogP contribution in [0.1, 0.15) is 31.4 Å². The lowest BCUT2D eigenvalue weighted by Crippen LogP contribution is -2.33. The Morgan fingerprint density at radius 1 is 1.26 bits per heavy atom. The van der Waals surface area contributed by atoms with Crippen molar-refractivity contribution in [1.82, 2.24) is 9.88 Å². The van der Waals surface area contributed by atoms with Crippen molar-refractivity contribution in [2.75, 3.05) is 0 Å². The zero-order valence-electron chi connectivity index (χ0n) is 10.5. The summed E-state index contributed by atoms with van der Waals surface area (Å²) in [5.41, 5.74) is 1.09. The molecule has 0 atom stereocenters. The van der Waals surface area contributed by atoms with Gasteiger partial charge in [0.1, 0.15) is 11.4 Å². The highest BCUT2D eigenvalue weighted by Crippen LogP contribution is 2.22. The minimum atomic E-state index is -3.35. The smallest absolute Gasteiger partial charge is 0.217 e. The third-order valence-electron chi connectivity index (χ3n) is 3.48. The average molecular weight is 280 g/mol. The molecule has 5 nitrogen and oxygen atoms in total. The third kappa shape index (κ3) is 2.79. The number of hydrogen-bond donors (Lipinski definition) is 1. The van der Waals surface area contributed by atoms with Gasteiger partial charge in [-0.3, -0.25) is 0 Å². The van der Waals surface area contributed by atoms with Crippen molar-refractivity contribution < 1.29 is 12.9 Å². The van der Waals surface area contributed by atoms with Crippen LogP contribution in [0.4, 0.5) is 0 Å². The van der Waals surface area contributed by atoms with E-state index in [4.69, 9.17) is 4.52 Å². The predicted molar refractivity (Wildman–Crippen MR) is 72.0 cm³/mol. The van der Waals surface area contributed by atoms with Gasteiger partial charge in [-0.25, -0.2) is 13.1 Å². The number of para-hydroxylation sites is 1. The van der Waals surface area contributed by atoms with Crippen molar-refractivity contribution in [3.05, 3.63) is 30.0 Å². The molecule has 1 N–H and O–H groups in total. The lowest BCUT2D eigenvalue weighted by Gasteiger charge is -2.11. The van der Waals surface area contributed by atoms with E-state index in [0.717, 1.165) is 31.1 Å². The molecular formula is C13H16N2O3S. The van der Waals surface area contributed by atoms with Crippen molar-refractivity contribution in [3.8, 4) is 0 Å². The Bertz CT molecular complexity index is 672. The lowest BCUT2D eigenvalue weighted by molar-refractivity contribution is 0.448. The van der Waals surface area contributed by atoms with Gasteiger partial charge in [-0.2, -0.15) is 0 Å². The zero-order chi connectivity index (χ0) is 13.3. The Kier molecular flexibility index (Phi) is 3.28. The van der Waals surface area contributed by atoms with Crippen molar-refractivity contribution in [1.29, 1.82) is 0 Å². The number of nitrogens with one attached hydrogen (secondary N) is 1. The first-order valence-electron chi connectivity index (χ1n) is 6.47. The number of fused-ring (bicyclic) bond motifs is 1. The van der Waals surface area contributed by atoms with E-state index in [1.54, 1.807) is 6.07 Å². The van der Waals surface area contributed by atoms with Gasteiger partial charge >= 0.3 is 0 Å². The molecule has 102 valence electrons. The summed E-state index contributed by atoms with van der Waals surface area (Å²) in [5, 5.41) is 4.62. The summed E-state index contributed by atoms with van der Waals surface area (Å²) in [7, 11) is -3.35. The van der Waals surface area contributed by atoms with E-state index in [-0.39, 0.29) is 11.8 Å². The number of rotatable bonds is 4. The second kappa shape index (κ2) is 4.94. The van der Waals surface area contributed by atoms with E-state index in [1.807, 2.05) is 18.2 Å². The van der Waals surface area contributed by atoms with Crippen LogP contribution in [-0.2, 0) is 15.8 Å². The first kappa shape index (κ1) is 12.6. The molecule has 0 unspecified atom stereocenters. The third-order valence-corrected chi connectivity index (χ3v) is 4.83. The second-order valence-corrected chi connectivity index (χ2v) is 6.74. The molecule has 0 bridgehead atoms. The van der Waals surface area contributed by atoms with Gasteiger partial charge in [-0.1, -0.05) is 30.1 Å². The molecular weight excluding hydrogens is 264 g/mol. The van der Waals surface area contributed by atoms with Gasteiger partial charge in [0.2, 0.25) is 10.0 Å². The fraction of sp³-hybridized carbons (Fsp3) is 0.462. The molecule has 0 saturated heterocycles. The van der Waals surface area contributed by atoms with Crippen LogP contribution in [0.25, 0.3) is 11.0 Å². The molecule has 0 spiro atoms. The van der Waals surface area contributed by atoms with Crippen molar-refractivity contribution >= 4 is 21.0 Å². The van der Waals surface area contributed by atoms with Gasteiger partial charge in [0, 0.05) is 11.4 Å². The molecule has 0 amide bonds. The van der Waals surface area contributed by atoms with Gasteiger partial charge in [-0.05, 0) is 25.0 Å². The molecule has 1 aliphatic carbocycles. The summed E-state index contributed by atoms with van der Waals surface area (Å²) in [5.74, 6) is -0.124. The maximum absolute atomic E-state index is 12.1. The Balaban J connectivity index is 1.79. The van der Waals surface area contributed by atoms with Crippen molar-refractivity contribution in [3.63, 3.8) is 0 Å². The predicted octanol–water partition coefficient (Wildman–Crippen LogP) is 2.19.